The van der Waals surface area contributed by atoms with Gasteiger partial charge in [-0.2, -0.15) is 0 Å². The number of carbonyl (C=O) groups excluding carboxylic acids is 1. The van der Waals surface area contributed by atoms with E-state index in [2.05, 4.69) is 5.32 Å². The van der Waals surface area contributed by atoms with Gasteiger partial charge in [0.25, 0.3) is 5.91 Å². The second-order valence-corrected chi connectivity index (χ2v) is 5.72. The summed E-state index contributed by atoms with van der Waals surface area (Å²) in [5, 5.41) is 2.99. The van der Waals surface area contributed by atoms with Gasteiger partial charge in [0.1, 0.15) is 11.6 Å². The molecule has 1 unspecified atom stereocenters. The molecule has 0 bridgehead atoms. The van der Waals surface area contributed by atoms with Gasteiger partial charge in [-0.05, 0) is 44.9 Å². The van der Waals surface area contributed by atoms with Crippen molar-refractivity contribution in [3.05, 3.63) is 29.6 Å². The third-order valence-corrected chi connectivity index (χ3v) is 3.84. The number of hydrogen-bond donors (Lipinski definition) is 2. The Bertz CT molecular complexity index is 499. The minimum Gasteiger partial charge on any atom is -0.481 e. The summed E-state index contributed by atoms with van der Waals surface area (Å²) < 4.78 is 19.0. The number of benzene rings is 1. The van der Waals surface area contributed by atoms with E-state index in [1.165, 1.54) is 18.2 Å². The predicted molar refractivity (Wildman–Crippen MR) is 79.5 cm³/mol. The van der Waals surface area contributed by atoms with Gasteiger partial charge in [-0.3, -0.25) is 4.79 Å². The van der Waals surface area contributed by atoms with Crippen LogP contribution in [0, 0.1) is 5.82 Å². The van der Waals surface area contributed by atoms with E-state index in [0.29, 0.717) is 11.3 Å². The molecule has 0 spiro atoms. The van der Waals surface area contributed by atoms with Gasteiger partial charge < -0.3 is 15.8 Å². The molecule has 1 aliphatic carbocycles. The third-order valence-electron chi connectivity index (χ3n) is 3.84. The maximum absolute atomic E-state index is 13.3. The van der Waals surface area contributed by atoms with Crippen molar-refractivity contribution in [2.24, 2.45) is 5.73 Å². The quantitative estimate of drug-likeness (QED) is 0.877. The molecule has 5 heteroatoms. The standard InChI is InChI=1S/C16H23FN2O2/c1-10(18)14-9-12(17)7-8-15(14)21-11(2)16(20)19-13-5-3-4-6-13/h7-11,13H,3-6,18H2,1-2H3,(H,19,20)/t10-,11?/m0/s1. The van der Waals surface area contributed by atoms with Crippen LogP contribution in [0.5, 0.6) is 5.75 Å². The molecule has 2 atom stereocenters. The summed E-state index contributed by atoms with van der Waals surface area (Å²) in [6.45, 7) is 3.45. The molecule has 21 heavy (non-hydrogen) atoms. The fourth-order valence-electron chi connectivity index (χ4n) is 2.62. The minimum absolute atomic E-state index is 0.137. The van der Waals surface area contributed by atoms with E-state index in [0.717, 1.165) is 25.7 Å². The molecular formula is C16H23FN2O2. The highest BCUT2D eigenvalue weighted by Crippen LogP contribution is 2.26. The van der Waals surface area contributed by atoms with Gasteiger partial charge in [0.15, 0.2) is 6.10 Å². The maximum atomic E-state index is 13.3. The van der Waals surface area contributed by atoms with E-state index in [4.69, 9.17) is 10.5 Å². The number of rotatable bonds is 5. The van der Waals surface area contributed by atoms with E-state index in [1.807, 2.05) is 0 Å². The summed E-state index contributed by atoms with van der Waals surface area (Å²) in [5.41, 5.74) is 6.39. The Morgan fingerprint density at radius 2 is 2.05 bits per heavy atom. The molecular weight excluding hydrogens is 271 g/mol. The molecule has 1 aromatic carbocycles. The zero-order valence-electron chi connectivity index (χ0n) is 12.6. The van der Waals surface area contributed by atoms with Gasteiger partial charge in [0.2, 0.25) is 0 Å². The first kappa shape index (κ1) is 15.8. The van der Waals surface area contributed by atoms with Gasteiger partial charge in [-0.25, -0.2) is 4.39 Å². The van der Waals surface area contributed by atoms with Crippen molar-refractivity contribution in [1.82, 2.24) is 5.32 Å². The molecule has 0 aliphatic heterocycles. The van der Waals surface area contributed by atoms with Crippen molar-refractivity contribution in [2.45, 2.75) is 57.7 Å². The highest BCUT2D eigenvalue weighted by molar-refractivity contribution is 5.81. The number of nitrogens with two attached hydrogens (primary N) is 1. The highest BCUT2D eigenvalue weighted by atomic mass is 19.1. The molecule has 3 N–H and O–H groups in total. The van der Waals surface area contributed by atoms with Crippen molar-refractivity contribution in [2.75, 3.05) is 0 Å². The first-order valence-electron chi connectivity index (χ1n) is 7.49. The topological polar surface area (TPSA) is 64.3 Å². The van der Waals surface area contributed by atoms with Crippen LogP contribution >= 0.6 is 0 Å². The second kappa shape index (κ2) is 6.89. The van der Waals surface area contributed by atoms with Crippen LogP contribution in [-0.2, 0) is 4.79 Å². The molecule has 1 aliphatic rings. The number of carbonyl (C=O) groups is 1. The highest BCUT2D eigenvalue weighted by Gasteiger charge is 2.22. The molecule has 0 saturated heterocycles. The van der Waals surface area contributed by atoms with E-state index in [9.17, 15) is 9.18 Å². The van der Waals surface area contributed by atoms with Crippen molar-refractivity contribution in [1.29, 1.82) is 0 Å². The lowest BCUT2D eigenvalue weighted by atomic mass is 10.1. The van der Waals surface area contributed by atoms with Crippen molar-refractivity contribution >= 4 is 5.91 Å². The van der Waals surface area contributed by atoms with Crippen molar-refractivity contribution in [3.8, 4) is 5.75 Å². The van der Waals surface area contributed by atoms with Gasteiger partial charge in [0, 0.05) is 17.6 Å². The number of nitrogens with one attached hydrogen (secondary N) is 1. The summed E-state index contributed by atoms with van der Waals surface area (Å²) in [7, 11) is 0. The normalized spacial score (nSPS) is 18.3. The maximum Gasteiger partial charge on any atom is 0.260 e. The molecule has 1 saturated carbocycles. The summed E-state index contributed by atoms with van der Waals surface area (Å²) >= 11 is 0. The molecule has 0 aromatic heterocycles. The summed E-state index contributed by atoms with van der Waals surface area (Å²) in [5.74, 6) is -0.0416. The van der Waals surface area contributed by atoms with Crippen molar-refractivity contribution in [3.63, 3.8) is 0 Å². The molecule has 1 fully saturated rings. The lowest BCUT2D eigenvalue weighted by Gasteiger charge is -2.20. The Labute approximate surface area is 124 Å². The number of ether oxygens (including phenoxy) is 1. The third kappa shape index (κ3) is 4.17. The first-order chi connectivity index (χ1) is 9.97. The van der Waals surface area contributed by atoms with Crippen LogP contribution in [-0.4, -0.2) is 18.1 Å². The zero-order valence-corrected chi connectivity index (χ0v) is 12.6. The van der Waals surface area contributed by atoms with Crippen LogP contribution < -0.4 is 15.8 Å². The number of halogens is 1. The monoisotopic (exact) mass is 294 g/mol. The minimum atomic E-state index is -0.631. The van der Waals surface area contributed by atoms with Crippen LogP contribution in [0.25, 0.3) is 0 Å². The Hall–Kier alpha value is -1.62. The fourth-order valence-corrected chi connectivity index (χ4v) is 2.62. The van der Waals surface area contributed by atoms with E-state index in [1.54, 1.807) is 13.8 Å². The Morgan fingerprint density at radius 3 is 2.67 bits per heavy atom. The first-order valence-corrected chi connectivity index (χ1v) is 7.49. The molecule has 116 valence electrons. The Balaban J connectivity index is 2.01. The van der Waals surface area contributed by atoms with E-state index in [-0.39, 0.29) is 23.8 Å². The van der Waals surface area contributed by atoms with Crippen molar-refractivity contribution < 1.29 is 13.9 Å². The molecule has 4 nitrogen and oxygen atoms in total. The average molecular weight is 294 g/mol. The average Bonchev–Trinajstić information content (AvgIpc) is 2.93. The Kier molecular flexibility index (Phi) is 5.17. The van der Waals surface area contributed by atoms with E-state index < -0.39 is 6.10 Å². The SMILES string of the molecule is CC(Oc1ccc(F)cc1[C@H](C)N)C(=O)NC1CCCC1. The van der Waals surface area contributed by atoms with Gasteiger partial charge in [0.05, 0.1) is 0 Å². The van der Waals surface area contributed by atoms with E-state index >= 15 is 0 Å². The number of amides is 1. The molecule has 0 heterocycles. The van der Waals surface area contributed by atoms with Gasteiger partial charge in [-0.15, -0.1) is 0 Å². The summed E-state index contributed by atoms with van der Waals surface area (Å²) in [6.07, 6.45) is 3.74. The predicted octanol–water partition coefficient (Wildman–Crippen LogP) is 2.67. The lowest BCUT2D eigenvalue weighted by Crippen LogP contribution is -2.41. The molecule has 1 amide bonds. The molecule has 0 radical (unpaired) electrons. The van der Waals surface area contributed by atoms with Crippen LogP contribution in [0.4, 0.5) is 4.39 Å². The fraction of sp³-hybridized carbons (Fsp3) is 0.562. The number of hydrogen-bond acceptors (Lipinski definition) is 3. The lowest BCUT2D eigenvalue weighted by molar-refractivity contribution is -0.128. The van der Waals surface area contributed by atoms with Crippen LogP contribution in [0.3, 0.4) is 0 Å². The van der Waals surface area contributed by atoms with Gasteiger partial charge in [-0.1, -0.05) is 12.8 Å². The summed E-state index contributed by atoms with van der Waals surface area (Å²) in [6, 6.07) is 4.07. The summed E-state index contributed by atoms with van der Waals surface area (Å²) in [4.78, 5) is 12.1. The molecule has 2 rings (SSSR count). The van der Waals surface area contributed by atoms with Crippen LogP contribution in [0.2, 0.25) is 0 Å². The smallest absolute Gasteiger partial charge is 0.260 e. The van der Waals surface area contributed by atoms with Crippen LogP contribution in [0.1, 0.15) is 51.1 Å². The van der Waals surface area contributed by atoms with Crippen LogP contribution in [0.15, 0.2) is 18.2 Å². The molecule has 1 aromatic rings. The van der Waals surface area contributed by atoms with Gasteiger partial charge >= 0.3 is 0 Å². The second-order valence-electron chi connectivity index (χ2n) is 5.72. The largest absolute Gasteiger partial charge is 0.481 e. The zero-order chi connectivity index (χ0) is 15.4. The Morgan fingerprint density at radius 1 is 1.38 bits per heavy atom.